The number of rotatable bonds is 7. The quantitative estimate of drug-likeness (QED) is 0.358. The number of benzene rings is 1. The van der Waals surface area contributed by atoms with E-state index < -0.39 is 10.9 Å². The molecule has 0 fully saturated rings. The topological polar surface area (TPSA) is 83.7 Å². The number of carbonyl (C=O) groups is 1. The largest absolute Gasteiger partial charge is 0.478 e. The molecule has 0 unspecified atom stereocenters. The van der Waals surface area contributed by atoms with Gasteiger partial charge in [0, 0.05) is 25.2 Å². The number of carboxylic acid groups (broad SMARTS) is 1. The number of nitro benzene ring substituents is 1. The standard InChI is InChI=1S/C14H16N2O4/c1-3-9-15(4-2)12-7-5-11(6-8-14(17)18)10-13(12)16(19)20/h3,5-8,10H,1,4,9H2,2H3,(H,17,18)/b8-6+. The maximum atomic E-state index is 11.1. The van der Waals surface area contributed by atoms with Crippen molar-refractivity contribution in [3.05, 3.63) is 52.6 Å². The molecule has 0 aliphatic carbocycles. The molecule has 0 atom stereocenters. The first-order valence-electron chi connectivity index (χ1n) is 6.04. The minimum atomic E-state index is -1.10. The molecular weight excluding hydrogens is 260 g/mol. The molecule has 0 saturated heterocycles. The van der Waals surface area contributed by atoms with Crippen molar-refractivity contribution in [1.82, 2.24) is 0 Å². The lowest BCUT2D eigenvalue weighted by Crippen LogP contribution is -2.23. The van der Waals surface area contributed by atoms with Gasteiger partial charge in [-0.25, -0.2) is 4.79 Å². The van der Waals surface area contributed by atoms with Gasteiger partial charge in [-0.05, 0) is 24.6 Å². The molecule has 6 heteroatoms. The molecule has 0 aliphatic rings. The molecule has 0 spiro atoms. The summed E-state index contributed by atoms with van der Waals surface area (Å²) in [5.74, 6) is -1.10. The van der Waals surface area contributed by atoms with Gasteiger partial charge in [-0.15, -0.1) is 6.58 Å². The SMILES string of the molecule is C=CCN(CC)c1ccc(/C=C/C(=O)O)cc1[N+](=O)[O-]. The number of hydrogen-bond donors (Lipinski definition) is 1. The summed E-state index contributed by atoms with van der Waals surface area (Å²) in [6.07, 6.45) is 3.94. The second-order valence-electron chi connectivity index (χ2n) is 4.00. The van der Waals surface area contributed by atoms with E-state index in [0.29, 0.717) is 24.3 Å². The highest BCUT2D eigenvalue weighted by Gasteiger charge is 2.18. The lowest BCUT2D eigenvalue weighted by atomic mass is 10.1. The maximum absolute atomic E-state index is 11.1. The summed E-state index contributed by atoms with van der Waals surface area (Å²) < 4.78 is 0. The Labute approximate surface area is 116 Å². The second kappa shape index (κ2) is 7.08. The molecule has 1 N–H and O–H groups in total. The third-order valence-electron chi connectivity index (χ3n) is 2.69. The molecule has 0 bridgehead atoms. The van der Waals surface area contributed by atoms with Gasteiger partial charge in [0.05, 0.1) is 4.92 Å². The van der Waals surface area contributed by atoms with Crippen molar-refractivity contribution in [1.29, 1.82) is 0 Å². The molecule has 6 nitrogen and oxygen atoms in total. The lowest BCUT2D eigenvalue weighted by molar-refractivity contribution is -0.384. The number of aliphatic carboxylic acids is 1. The van der Waals surface area contributed by atoms with Crippen molar-refractivity contribution in [2.75, 3.05) is 18.0 Å². The fourth-order valence-corrected chi connectivity index (χ4v) is 1.78. The fraction of sp³-hybridized carbons (Fsp3) is 0.214. The maximum Gasteiger partial charge on any atom is 0.328 e. The Balaban J connectivity index is 3.23. The van der Waals surface area contributed by atoms with Crippen molar-refractivity contribution < 1.29 is 14.8 Å². The van der Waals surface area contributed by atoms with Crippen LogP contribution in [0.5, 0.6) is 0 Å². The summed E-state index contributed by atoms with van der Waals surface area (Å²) >= 11 is 0. The van der Waals surface area contributed by atoms with Crippen molar-refractivity contribution in [2.24, 2.45) is 0 Å². The lowest BCUT2D eigenvalue weighted by Gasteiger charge is -2.21. The Kier molecular flexibility index (Phi) is 5.46. The van der Waals surface area contributed by atoms with Crippen LogP contribution in [0.1, 0.15) is 12.5 Å². The average molecular weight is 276 g/mol. The zero-order chi connectivity index (χ0) is 15.1. The molecule has 0 heterocycles. The highest BCUT2D eigenvalue weighted by molar-refractivity contribution is 5.85. The van der Waals surface area contributed by atoms with Crippen molar-refractivity contribution in [3.8, 4) is 0 Å². The number of carboxylic acids is 1. The van der Waals surface area contributed by atoms with Crippen LogP contribution < -0.4 is 4.90 Å². The van der Waals surface area contributed by atoms with Crippen molar-refractivity contribution in [3.63, 3.8) is 0 Å². The predicted octanol–water partition coefficient (Wildman–Crippen LogP) is 2.70. The van der Waals surface area contributed by atoms with E-state index in [-0.39, 0.29) is 5.69 Å². The van der Waals surface area contributed by atoms with E-state index in [4.69, 9.17) is 5.11 Å². The zero-order valence-corrected chi connectivity index (χ0v) is 11.2. The number of nitro groups is 1. The molecule has 0 amide bonds. The number of anilines is 1. The van der Waals surface area contributed by atoms with Gasteiger partial charge >= 0.3 is 5.97 Å². The molecule has 0 aliphatic heterocycles. The van der Waals surface area contributed by atoms with E-state index in [1.807, 2.05) is 11.8 Å². The Morgan fingerprint density at radius 3 is 2.75 bits per heavy atom. The van der Waals surface area contributed by atoms with Crippen LogP contribution >= 0.6 is 0 Å². The van der Waals surface area contributed by atoms with Crippen LogP contribution in [0.15, 0.2) is 36.9 Å². The molecule has 0 radical (unpaired) electrons. The Morgan fingerprint density at radius 2 is 2.25 bits per heavy atom. The molecule has 1 rings (SSSR count). The van der Waals surface area contributed by atoms with Crippen molar-refractivity contribution in [2.45, 2.75) is 6.92 Å². The molecule has 0 saturated carbocycles. The third-order valence-corrected chi connectivity index (χ3v) is 2.69. The van der Waals surface area contributed by atoms with E-state index in [2.05, 4.69) is 6.58 Å². The second-order valence-corrected chi connectivity index (χ2v) is 4.00. The monoisotopic (exact) mass is 276 g/mol. The molecule has 1 aromatic rings. The summed E-state index contributed by atoms with van der Waals surface area (Å²) in [5, 5.41) is 19.7. The Bertz CT molecular complexity index is 552. The van der Waals surface area contributed by atoms with Crippen LogP contribution in [-0.4, -0.2) is 29.1 Å². The Hall–Kier alpha value is -2.63. The van der Waals surface area contributed by atoms with Crippen LogP contribution in [-0.2, 0) is 4.79 Å². The van der Waals surface area contributed by atoms with E-state index in [1.54, 1.807) is 18.2 Å². The van der Waals surface area contributed by atoms with Crippen LogP contribution in [0.3, 0.4) is 0 Å². The number of nitrogens with zero attached hydrogens (tertiary/aromatic N) is 2. The van der Waals surface area contributed by atoms with Gasteiger partial charge in [0.15, 0.2) is 0 Å². The van der Waals surface area contributed by atoms with Gasteiger partial charge in [0.2, 0.25) is 0 Å². The first kappa shape index (κ1) is 15.4. The molecule has 0 aromatic heterocycles. The van der Waals surface area contributed by atoms with Crippen LogP contribution in [0.4, 0.5) is 11.4 Å². The number of likely N-dealkylation sites (N-methyl/N-ethyl adjacent to an activating group) is 1. The zero-order valence-electron chi connectivity index (χ0n) is 11.2. The minimum absolute atomic E-state index is 0.0544. The first-order valence-corrected chi connectivity index (χ1v) is 6.04. The van der Waals surface area contributed by atoms with Gasteiger partial charge in [-0.3, -0.25) is 10.1 Å². The molecule has 20 heavy (non-hydrogen) atoms. The van der Waals surface area contributed by atoms with Crippen LogP contribution in [0, 0.1) is 10.1 Å². The van der Waals surface area contributed by atoms with Crippen LogP contribution in [0.2, 0.25) is 0 Å². The van der Waals surface area contributed by atoms with E-state index in [1.165, 1.54) is 12.1 Å². The van der Waals surface area contributed by atoms with Gasteiger partial charge < -0.3 is 10.0 Å². The first-order chi connectivity index (χ1) is 9.49. The smallest absolute Gasteiger partial charge is 0.328 e. The summed E-state index contributed by atoms with van der Waals surface area (Å²) in [5.41, 5.74) is 0.906. The summed E-state index contributed by atoms with van der Waals surface area (Å²) in [4.78, 5) is 22.9. The van der Waals surface area contributed by atoms with Gasteiger partial charge in [0.25, 0.3) is 5.69 Å². The highest BCUT2D eigenvalue weighted by atomic mass is 16.6. The van der Waals surface area contributed by atoms with E-state index in [0.717, 1.165) is 6.08 Å². The highest BCUT2D eigenvalue weighted by Crippen LogP contribution is 2.29. The molecular formula is C14H16N2O4. The van der Waals surface area contributed by atoms with E-state index >= 15 is 0 Å². The molecule has 106 valence electrons. The van der Waals surface area contributed by atoms with Crippen LogP contribution in [0.25, 0.3) is 6.08 Å². The Morgan fingerprint density at radius 1 is 1.55 bits per heavy atom. The number of hydrogen-bond acceptors (Lipinski definition) is 4. The van der Waals surface area contributed by atoms with Crippen molar-refractivity contribution >= 4 is 23.4 Å². The summed E-state index contributed by atoms with van der Waals surface area (Å²) in [6.45, 7) is 6.63. The average Bonchev–Trinajstić information content (AvgIpc) is 2.42. The fourth-order valence-electron chi connectivity index (χ4n) is 1.78. The van der Waals surface area contributed by atoms with E-state index in [9.17, 15) is 14.9 Å². The third kappa shape index (κ3) is 3.94. The molecule has 1 aromatic carbocycles. The van der Waals surface area contributed by atoms with Gasteiger partial charge in [0.1, 0.15) is 5.69 Å². The summed E-state index contributed by atoms with van der Waals surface area (Å²) in [7, 11) is 0. The normalized spacial score (nSPS) is 10.4. The van der Waals surface area contributed by atoms with Gasteiger partial charge in [-0.1, -0.05) is 12.1 Å². The predicted molar refractivity (Wildman–Crippen MR) is 77.9 cm³/mol. The minimum Gasteiger partial charge on any atom is -0.478 e. The summed E-state index contributed by atoms with van der Waals surface area (Å²) in [6, 6.07) is 4.63. The van der Waals surface area contributed by atoms with Gasteiger partial charge in [-0.2, -0.15) is 0 Å².